The zero-order valence-electron chi connectivity index (χ0n) is 8.32. The summed E-state index contributed by atoms with van der Waals surface area (Å²) in [5.74, 6) is -0.0504. The topological polar surface area (TPSA) is 52.7 Å². The molecule has 2 fully saturated rings. The lowest BCUT2D eigenvalue weighted by molar-refractivity contribution is -0.126. The Morgan fingerprint density at radius 3 is 2.79 bits per heavy atom. The van der Waals surface area contributed by atoms with Crippen molar-refractivity contribution in [1.82, 2.24) is 15.1 Å². The highest BCUT2D eigenvalue weighted by Gasteiger charge is 2.40. The zero-order valence-corrected chi connectivity index (χ0v) is 8.32. The molecule has 5 heteroatoms. The van der Waals surface area contributed by atoms with E-state index in [9.17, 15) is 9.59 Å². The van der Waals surface area contributed by atoms with Crippen molar-refractivity contribution in [3.8, 4) is 0 Å². The van der Waals surface area contributed by atoms with Crippen LogP contribution in [0.1, 0.15) is 13.3 Å². The normalized spacial score (nSPS) is 27.9. The molecule has 0 aromatic rings. The van der Waals surface area contributed by atoms with Gasteiger partial charge in [-0.25, -0.2) is 4.79 Å². The van der Waals surface area contributed by atoms with Crippen molar-refractivity contribution in [1.29, 1.82) is 0 Å². The Hall–Kier alpha value is -1.10. The molecule has 2 saturated heterocycles. The first-order chi connectivity index (χ1) is 6.74. The second-order valence-electron chi connectivity index (χ2n) is 3.71. The van der Waals surface area contributed by atoms with Gasteiger partial charge in [0.2, 0.25) is 0 Å². The van der Waals surface area contributed by atoms with Gasteiger partial charge in [0.25, 0.3) is 5.91 Å². The van der Waals surface area contributed by atoms with E-state index in [1.165, 1.54) is 4.90 Å². The third-order valence-electron chi connectivity index (χ3n) is 2.85. The lowest BCUT2D eigenvalue weighted by Crippen LogP contribution is -2.42. The van der Waals surface area contributed by atoms with Crippen LogP contribution < -0.4 is 5.32 Å². The first kappa shape index (κ1) is 9.45. The quantitative estimate of drug-likeness (QED) is 0.615. The van der Waals surface area contributed by atoms with Crippen molar-refractivity contribution in [2.45, 2.75) is 19.4 Å². The fourth-order valence-electron chi connectivity index (χ4n) is 2.03. The molecule has 1 atom stereocenters. The van der Waals surface area contributed by atoms with E-state index >= 15 is 0 Å². The Morgan fingerprint density at radius 1 is 1.50 bits per heavy atom. The predicted octanol–water partition coefficient (Wildman–Crippen LogP) is -0.368. The van der Waals surface area contributed by atoms with Gasteiger partial charge in [0.1, 0.15) is 6.54 Å². The Kier molecular flexibility index (Phi) is 2.41. The maximum atomic E-state index is 11.7. The minimum Gasteiger partial charge on any atom is -0.315 e. The van der Waals surface area contributed by atoms with Crippen LogP contribution in [0.4, 0.5) is 4.79 Å². The number of imide groups is 1. The monoisotopic (exact) mass is 197 g/mol. The van der Waals surface area contributed by atoms with Gasteiger partial charge in [-0.3, -0.25) is 9.69 Å². The molecule has 2 heterocycles. The molecular weight excluding hydrogens is 182 g/mol. The smallest absolute Gasteiger partial charge is 0.315 e. The molecule has 1 unspecified atom stereocenters. The molecule has 2 aliphatic rings. The standard InChI is InChI=1S/C9H15N3O2/c1-2-11-6-8(13)12(9(11)14)7-3-4-10-5-7/h7,10H,2-6H2,1H3. The number of amides is 3. The fourth-order valence-corrected chi connectivity index (χ4v) is 2.03. The summed E-state index contributed by atoms with van der Waals surface area (Å²) in [6.07, 6.45) is 0.884. The third kappa shape index (κ3) is 1.37. The molecule has 0 aromatic heterocycles. The lowest BCUT2D eigenvalue weighted by atomic mass is 10.2. The molecule has 0 bridgehead atoms. The molecule has 78 valence electrons. The van der Waals surface area contributed by atoms with Gasteiger partial charge in [0.05, 0.1) is 6.04 Å². The number of likely N-dealkylation sites (N-methyl/N-ethyl adjacent to an activating group) is 1. The van der Waals surface area contributed by atoms with Crippen LogP contribution in [0.2, 0.25) is 0 Å². The average molecular weight is 197 g/mol. The Morgan fingerprint density at radius 2 is 2.29 bits per heavy atom. The molecule has 2 aliphatic heterocycles. The van der Waals surface area contributed by atoms with Crippen LogP contribution in [-0.2, 0) is 4.79 Å². The van der Waals surface area contributed by atoms with Gasteiger partial charge in [-0.2, -0.15) is 0 Å². The number of nitrogens with one attached hydrogen (secondary N) is 1. The van der Waals surface area contributed by atoms with Crippen molar-refractivity contribution < 1.29 is 9.59 Å². The second kappa shape index (κ2) is 3.57. The molecule has 0 spiro atoms. The molecule has 14 heavy (non-hydrogen) atoms. The highest BCUT2D eigenvalue weighted by atomic mass is 16.2. The maximum absolute atomic E-state index is 11.7. The number of rotatable bonds is 2. The molecule has 3 amide bonds. The zero-order chi connectivity index (χ0) is 10.1. The third-order valence-corrected chi connectivity index (χ3v) is 2.85. The van der Waals surface area contributed by atoms with Crippen molar-refractivity contribution in [3.63, 3.8) is 0 Å². The largest absolute Gasteiger partial charge is 0.327 e. The number of hydrogen-bond acceptors (Lipinski definition) is 3. The number of hydrogen-bond donors (Lipinski definition) is 1. The molecular formula is C9H15N3O2. The average Bonchev–Trinajstić information content (AvgIpc) is 2.74. The minimum absolute atomic E-state index is 0.0504. The minimum atomic E-state index is -0.119. The van der Waals surface area contributed by atoms with Crippen LogP contribution >= 0.6 is 0 Å². The highest BCUT2D eigenvalue weighted by molar-refractivity contribution is 6.02. The molecule has 2 rings (SSSR count). The number of urea groups is 1. The molecule has 0 aliphatic carbocycles. The Balaban J connectivity index is 2.10. The summed E-state index contributed by atoms with van der Waals surface area (Å²) in [7, 11) is 0. The van der Waals surface area contributed by atoms with E-state index in [2.05, 4.69) is 5.32 Å². The van der Waals surface area contributed by atoms with E-state index in [1.807, 2.05) is 6.92 Å². The molecule has 0 aromatic carbocycles. The van der Waals surface area contributed by atoms with Crippen LogP contribution in [0.5, 0.6) is 0 Å². The van der Waals surface area contributed by atoms with Gasteiger partial charge in [-0.15, -0.1) is 0 Å². The van der Waals surface area contributed by atoms with Gasteiger partial charge in [-0.1, -0.05) is 0 Å². The highest BCUT2D eigenvalue weighted by Crippen LogP contribution is 2.17. The summed E-state index contributed by atoms with van der Waals surface area (Å²) >= 11 is 0. The van der Waals surface area contributed by atoms with E-state index in [0.717, 1.165) is 19.5 Å². The molecule has 0 radical (unpaired) electrons. The first-order valence-electron chi connectivity index (χ1n) is 5.05. The summed E-state index contributed by atoms with van der Waals surface area (Å²) in [5.41, 5.74) is 0. The van der Waals surface area contributed by atoms with Crippen LogP contribution in [-0.4, -0.2) is 54.0 Å². The van der Waals surface area contributed by atoms with Gasteiger partial charge in [0.15, 0.2) is 0 Å². The summed E-state index contributed by atoms with van der Waals surface area (Å²) in [6, 6.07) is -0.0437. The number of nitrogens with zero attached hydrogens (tertiary/aromatic N) is 2. The fraction of sp³-hybridized carbons (Fsp3) is 0.778. The van der Waals surface area contributed by atoms with E-state index in [-0.39, 0.29) is 24.5 Å². The van der Waals surface area contributed by atoms with Crippen LogP contribution in [0.3, 0.4) is 0 Å². The van der Waals surface area contributed by atoms with Gasteiger partial charge in [0, 0.05) is 13.1 Å². The van der Waals surface area contributed by atoms with E-state index < -0.39 is 0 Å². The van der Waals surface area contributed by atoms with Gasteiger partial charge >= 0.3 is 6.03 Å². The Bertz CT molecular complexity index is 261. The SMILES string of the molecule is CCN1CC(=O)N(C2CCNC2)C1=O. The van der Waals surface area contributed by atoms with Crippen LogP contribution in [0, 0.1) is 0 Å². The predicted molar refractivity (Wildman–Crippen MR) is 50.8 cm³/mol. The second-order valence-corrected chi connectivity index (χ2v) is 3.71. The summed E-state index contributed by atoms with van der Waals surface area (Å²) in [6.45, 7) is 4.40. The van der Waals surface area contributed by atoms with Crippen molar-refractivity contribution in [2.75, 3.05) is 26.2 Å². The number of carbonyl (C=O) groups is 2. The lowest BCUT2D eigenvalue weighted by Gasteiger charge is -2.21. The van der Waals surface area contributed by atoms with E-state index in [1.54, 1.807) is 4.90 Å². The van der Waals surface area contributed by atoms with Crippen molar-refractivity contribution in [3.05, 3.63) is 0 Å². The van der Waals surface area contributed by atoms with Gasteiger partial charge < -0.3 is 10.2 Å². The van der Waals surface area contributed by atoms with Gasteiger partial charge in [-0.05, 0) is 19.9 Å². The Labute approximate surface area is 83.0 Å². The maximum Gasteiger partial charge on any atom is 0.327 e. The van der Waals surface area contributed by atoms with Crippen LogP contribution in [0.25, 0.3) is 0 Å². The van der Waals surface area contributed by atoms with Crippen molar-refractivity contribution >= 4 is 11.9 Å². The molecule has 5 nitrogen and oxygen atoms in total. The summed E-state index contributed by atoms with van der Waals surface area (Å²) in [5, 5.41) is 3.16. The van der Waals surface area contributed by atoms with Crippen LogP contribution in [0.15, 0.2) is 0 Å². The van der Waals surface area contributed by atoms with E-state index in [0.29, 0.717) is 6.54 Å². The summed E-state index contributed by atoms with van der Waals surface area (Å²) in [4.78, 5) is 26.3. The molecule has 1 N–H and O–H groups in total. The van der Waals surface area contributed by atoms with E-state index in [4.69, 9.17) is 0 Å². The first-order valence-corrected chi connectivity index (χ1v) is 5.05. The summed E-state index contributed by atoms with van der Waals surface area (Å²) < 4.78 is 0. The molecule has 0 saturated carbocycles. The number of carbonyl (C=O) groups excluding carboxylic acids is 2. The van der Waals surface area contributed by atoms with Crippen molar-refractivity contribution in [2.24, 2.45) is 0 Å².